The number of carbonyl (C=O) groups is 2. The van der Waals surface area contributed by atoms with E-state index in [1.54, 1.807) is 31.1 Å². The van der Waals surface area contributed by atoms with Crippen LogP contribution in [0.3, 0.4) is 0 Å². The predicted molar refractivity (Wildman–Crippen MR) is 122 cm³/mol. The molecule has 0 aromatic heterocycles. The van der Waals surface area contributed by atoms with Gasteiger partial charge in [-0.05, 0) is 32.0 Å². The van der Waals surface area contributed by atoms with E-state index in [1.807, 2.05) is 6.92 Å². The van der Waals surface area contributed by atoms with Crippen LogP contribution in [0.1, 0.15) is 31.7 Å². The number of hydrogen-bond acceptors (Lipinski definition) is 7. The number of anilines is 1. The molecule has 2 saturated heterocycles. The zero-order chi connectivity index (χ0) is 24.3. The molecule has 11 heteroatoms. The Morgan fingerprint density at radius 3 is 2.70 bits per heavy atom. The smallest absolute Gasteiger partial charge is 0.269 e. The molecular weight excluding hydrogens is 446 g/mol. The van der Waals surface area contributed by atoms with Crippen LogP contribution < -0.4 is 4.90 Å². The van der Waals surface area contributed by atoms with Gasteiger partial charge in [0.05, 0.1) is 35.8 Å². The van der Waals surface area contributed by atoms with Gasteiger partial charge in [0.1, 0.15) is 0 Å². The molecule has 0 radical (unpaired) electrons. The summed E-state index contributed by atoms with van der Waals surface area (Å²) in [6.07, 6.45) is 0.804. The molecule has 10 nitrogen and oxygen atoms in total. The maximum Gasteiger partial charge on any atom is 0.269 e. The predicted octanol–water partition coefficient (Wildman–Crippen LogP) is 1.74. The Kier molecular flexibility index (Phi) is 5.88. The Morgan fingerprint density at radius 1 is 1.39 bits per heavy atom. The molecule has 3 aliphatic rings. The molecule has 4 rings (SSSR count). The zero-order valence-electron chi connectivity index (χ0n) is 19.4. The summed E-state index contributed by atoms with van der Waals surface area (Å²) < 4.78 is 6.46. The molecule has 2 amide bonds. The standard InChI is InChI=1S/C22H31N3O7Si/c1-13-20(33(3,4)31)18(11-19(27)24-9-5-6-15(24)12-26)32-22(13)16-10-14(25(29)30)7-8-17(16)23(2)21(22)28/h7-8,10,13,15,18,20,26,31H,5-6,9,11-12H2,1-4H3/t13-,15-,18+,20-,22+/m0/s1. The topological polar surface area (TPSA) is 133 Å². The second-order valence-corrected chi connectivity index (χ2v) is 13.9. The Labute approximate surface area is 193 Å². The number of nitro benzene ring substituents is 1. The average Bonchev–Trinajstić information content (AvgIpc) is 3.39. The number of nitrogens with zero attached hydrogens (tertiary/aromatic N) is 3. The fraction of sp³-hybridized carbons (Fsp3) is 0.636. The van der Waals surface area contributed by atoms with Crippen LogP contribution in [-0.2, 0) is 19.9 Å². The lowest BCUT2D eigenvalue weighted by molar-refractivity contribution is -0.385. The number of rotatable bonds is 5. The maximum atomic E-state index is 13.6. The molecule has 5 atom stereocenters. The number of hydrogen-bond donors (Lipinski definition) is 2. The fourth-order valence-corrected chi connectivity index (χ4v) is 8.68. The summed E-state index contributed by atoms with van der Waals surface area (Å²) in [6, 6.07) is 4.04. The molecule has 3 aliphatic heterocycles. The molecule has 1 aromatic rings. The van der Waals surface area contributed by atoms with E-state index in [0.717, 1.165) is 12.8 Å². The summed E-state index contributed by atoms with van der Waals surface area (Å²) in [4.78, 5) is 52.0. The highest BCUT2D eigenvalue weighted by molar-refractivity contribution is 6.71. The fourth-order valence-electron chi connectivity index (χ4n) is 6.13. The number of likely N-dealkylation sites (tertiary alicyclic amines) is 1. The Bertz CT molecular complexity index is 997. The number of benzene rings is 1. The lowest BCUT2D eigenvalue weighted by Gasteiger charge is -2.32. The van der Waals surface area contributed by atoms with E-state index in [-0.39, 0.29) is 36.6 Å². The first-order chi connectivity index (χ1) is 15.4. The van der Waals surface area contributed by atoms with Crippen LogP contribution in [0, 0.1) is 16.0 Å². The highest BCUT2D eigenvalue weighted by atomic mass is 28.4. The number of carbonyl (C=O) groups excluding carboxylic acids is 2. The number of non-ortho nitro benzene ring substituents is 1. The molecule has 0 unspecified atom stereocenters. The minimum Gasteiger partial charge on any atom is -0.432 e. The van der Waals surface area contributed by atoms with E-state index in [9.17, 15) is 29.6 Å². The molecule has 0 saturated carbocycles. The molecule has 3 heterocycles. The average molecular weight is 478 g/mol. The van der Waals surface area contributed by atoms with Gasteiger partial charge in [0, 0.05) is 42.7 Å². The van der Waals surface area contributed by atoms with Crippen LogP contribution in [-0.4, -0.2) is 72.2 Å². The Morgan fingerprint density at radius 2 is 2.09 bits per heavy atom. The molecule has 2 fully saturated rings. The van der Waals surface area contributed by atoms with Crippen molar-refractivity contribution in [2.45, 2.75) is 62.6 Å². The molecule has 1 spiro atoms. The van der Waals surface area contributed by atoms with E-state index in [2.05, 4.69) is 0 Å². The number of aliphatic hydroxyl groups excluding tert-OH is 1. The normalized spacial score (nSPS) is 31.5. The molecule has 0 bridgehead atoms. The van der Waals surface area contributed by atoms with Crippen molar-refractivity contribution in [3.8, 4) is 0 Å². The second kappa shape index (κ2) is 8.15. The second-order valence-electron chi connectivity index (χ2n) is 9.95. The lowest BCUT2D eigenvalue weighted by atomic mass is 9.82. The van der Waals surface area contributed by atoms with Crippen molar-refractivity contribution in [3.63, 3.8) is 0 Å². The van der Waals surface area contributed by atoms with Gasteiger partial charge in [0.25, 0.3) is 11.6 Å². The molecular formula is C22H31N3O7Si. The zero-order valence-corrected chi connectivity index (χ0v) is 20.4. The van der Waals surface area contributed by atoms with Crippen LogP contribution in [0.4, 0.5) is 11.4 Å². The van der Waals surface area contributed by atoms with Crippen LogP contribution in [0.25, 0.3) is 0 Å². The number of nitro groups is 1. The highest BCUT2D eigenvalue weighted by Gasteiger charge is 2.66. The van der Waals surface area contributed by atoms with Gasteiger partial charge in [-0.3, -0.25) is 19.7 Å². The highest BCUT2D eigenvalue weighted by Crippen LogP contribution is 2.59. The quantitative estimate of drug-likeness (QED) is 0.375. The first-order valence-electron chi connectivity index (χ1n) is 11.3. The third-order valence-electron chi connectivity index (χ3n) is 7.59. The van der Waals surface area contributed by atoms with Gasteiger partial charge in [0.2, 0.25) is 5.91 Å². The van der Waals surface area contributed by atoms with Gasteiger partial charge in [-0.2, -0.15) is 0 Å². The van der Waals surface area contributed by atoms with Gasteiger partial charge in [-0.25, -0.2) is 0 Å². The van der Waals surface area contributed by atoms with E-state index in [1.165, 1.54) is 17.0 Å². The lowest BCUT2D eigenvalue weighted by Crippen LogP contribution is -2.45. The third kappa shape index (κ3) is 3.58. The SMILES string of the molecule is C[C@H]1[C@H]([Si](C)(C)O)[C@@H](CC(=O)N2CCC[C@H]2CO)O[C@]12C(=O)N(C)c1ccc([N+](=O)[O-])cc12. The van der Waals surface area contributed by atoms with Crippen LogP contribution in [0.5, 0.6) is 0 Å². The van der Waals surface area contributed by atoms with Gasteiger partial charge in [0.15, 0.2) is 13.9 Å². The number of aliphatic hydroxyl groups is 1. The minimum absolute atomic E-state index is 0.0223. The molecule has 2 N–H and O–H groups in total. The summed E-state index contributed by atoms with van der Waals surface area (Å²) in [5.74, 6) is -1.02. The number of likely N-dealkylation sites (N-methyl/N-ethyl adjacent to an activating group) is 1. The van der Waals surface area contributed by atoms with Crippen molar-refractivity contribution in [1.29, 1.82) is 0 Å². The maximum absolute atomic E-state index is 13.6. The molecule has 180 valence electrons. The van der Waals surface area contributed by atoms with Crippen molar-refractivity contribution in [2.75, 3.05) is 25.1 Å². The van der Waals surface area contributed by atoms with Crippen molar-refractivity contribution in [1.82, 2.24) is 4.90 Å². The van der Waals surface area contributed by atoms with E-state index < -0.39 is 36.4 Å². The first kappa shape index (κ1) is 23.8. The minimum atomic E-state index is -2.93. The summed E-state index contributed by atoms with van der Waals surface area (Å²) in [7, 11) is -1.33. The van der Waals surface area contributed by atoms with Crippen LogP contribution in [0.15, 0.2) is 18.2 Å². The first-order valence-corrected chi connectivity index (χ1v) is 14.3. The summed E-state index contributed by atoms with van der Waals surface area (Å²) in [5, 5.41) is 21.1. The van der Waals surface area contributed by atoms with Crippen LogP contribution in [0.2, 0.25) is 18.6 Å². The van der Waals surface area contributed by atoms with Crippen LogP contribution >= 0.6 is 0 Å². The van der Waals surface area contributed by atoms with Crippen molar-refractivity contribution in [3.05, 3.63) is 33.9 Å². The Hall–Kier alpha value is -2.34. The van der Waals surface area contributed by atoms with Gasteiger partial charge in [-0.1, -0.05) is 6.92 Å². The van der Waals surface area contributed by atoms with Crippen molar-refractivity contribution in [2.24, 2.45) is 5.92 Å². The molecule has 1 aromatic carbocycles. The summed E-state index contributed by atoms with van der Waals surface area (Å²) in [6.45, 7) is 5.79. The Balaban J connectivity index is 1.75. The number of amides is 2. The summed E-state index contributed by atoms with van der Waals surface area (Å²) in [5.41, 5.74) is -1.16. The number of fused-ring (bicyclic) bond motifs is 2. The molecule has 0 aliphatic carbocycles. The van der Waals surface area contributed by atoms with Gasteiger partial charge in [-0.15, -0.1) is 0 Å². The van der Waals surface area contributed by atoms with Crippen molar-refractivity contribution >= 4 is 31.5 Å². The van der Waals surface area contributed by atoms with E-state index in [4.69, 9.17) is 4.74 Å². The van der Waals surface area contributed by atoms with Crippen molar-refractivity contribution < 1.29 is 29.2 Å². The van der Waals surface area contributed by atoms with E-state index >= 15 is 0 Å². The third-order valence-corrected chi connectivity index (χ3v) is 10.1. The monoisotopic (exact) mass is 477 g/mol. The largest absolute Gasteiger partial charge is 0.432 e. The number of ether oxygens (including phenoxy) is 1. The van der Waals surface area contributed by atoms with Gasteiger partial charge >= 0.3 is 0 Å². The summed E-state index contributed by atoms with van der Waals surface area (Å²) >= 11 is 0. The molecule has 33 heavy (non-hydrogen) atoms. The van der Waals surface area contributed by atoms with E-state index in [0.29, 0.717) is 17.8 Å². The van der Waals surface area contributed by atoms with Gasteiger partial charge < -0.3 is 24.4 Å².